The van der Waals surface area contributed by atoms with Gasteiger partial charge in [-0.05, 0) is 76.3 Å². The van der Waals surface area contributed by atoms with Crippen LogP contribution in [0.1, 0.15) is 23.0 Å². The van der Waals surface area contributed by atoms with E-state index in [9.17, 15) is 0 Å². The Balaban J connectivity index is 2.36. The largest absolute Gasteiger partial charge is 0.313 e. The Morgan fingerprint density at radius 2 is 2.20 bits per heavy atom. The number of aromatic nitrogens is 2. The average molecular weight is 469 g/mol. The molecule has 1 aromatic carbocycles. The van der Waals surface area contributed by atoms with Crippen LogP contribution in [0.4, 0.5) is 0 Å². The van der Waals surface area contributed by atoms with E-state index in [1.165, 1.54) is 14.8 Å². The van der Waals surface area contributed by atoms with Gasteiger partial charge in [-0.25, -0.2) is 0 Å². The number of nitrogens with one attached hydrogen (secondary N) is 1. The van der Waals surface area contributed by atoms with Gasteiger partial charge in [0.2, 0.25) is 0 Å². The van der Waals surface area contributed by atoms with Gasteiger partial charge in [0.1, 0.15) is 0 Å². The van der Waals surface area contributed by atoms with Crippen molar-refractivity contribution in [3.8, 4) is 0 Å². The summed E-state index contributed by atoms with van der Waals surface area (Å²) in [7, 11) is 3.95. The van der Waals surface area contributed by atoms with E-state index in [0.29, 0.717) is 0 Å². The zero-order valence-electron chi connectivity index (χ0n) is 11.5. The quantitative estimate of drug-likeness (QED) is 0.680. The van der Waals surface area contributed by atoms with Crippen molar-refractivity contribution in [3.63, 3.8) is 0 Å². The predicted octanol–water partition coefficient (Wildman–Crippen LogP) is 4.25. The fourth-order valence-corrected chi connectivity index (χ4v) is 3.63. The lowest BCUT2D eigenvalue weighted by Crippen LogP contribution is -2.21. The molecular weight excluding hydrogens is 452 g/mol. The van der Waals surface area contributed by atoms with Crippen molar-refractivity contribution in [2.75, 3.05) is 7.05 Å². The standard InChI is InChI=1S/C14H16BrClIN3/c1-8-14(15)13(20(3)19-8)7-12(18-2)10-6-9(16)4-5-11(10)17/h4-6,12,18H,7H2,1-3H3. The predicted molar refractivity (Wildman–Crippen MR) is 95.3 cm³/mol. The minimum Gasteiger partial charge on any atom is -0.313 e. The summed E-state index contributed by atoms with van der Waals surface area (Å²) in [4.78, 5) is 0. The highest BCUT2D eigenvalue weighted by molar-refractivity contribution is 14.1. The van der Waals surface area contributed by atoms with Gasteiger partial charge in [-0.1, -0.05) is 11.6 Å². The molecule has 1 aromatic heterocycles. The number of nitrogens with zero attached hydrogens (tertiary/aromatic N) is 2. The normalized spacial score (nSPS) is 12.7. The van der Waals surface area contributed by atoms with Crippen LogP contribution >= 0.6 is 50.1 Å². The molecule has 0 saturated carbocycles. The number of rotatable bonds is 4. The number of benzene rings is 1. The van der Waals surface area contributed by atoms with Crippen molar-refractivity contribution in [2.24, 2.45) is 7.05 Å². The third-order valence-electron chi connectivity index (χ3n) is 3.34. The number of hydrogen-bond donors (Lipinski definition) is 1. The van der Waals surface area contributed by atoms with Crippen molar-refractivity contribution < 1.29 is 0 Å². The highest BCUT2D eigenvalue weighted by Gasteiger charge is 2.19. The number of halogens is 3. The van der Waals surface area contributed by atoms with Crippen LogP contribution in [0.25, 0.3) is 0 Å². The number of hydrogen-bond acceptors (Lipinski definition) is 2. The van der Waals surface area contributed by atoms with Gasteiger partial charge in [0.25, 0.3) is 0 Å². The van der Waals surface area contributed by atoms with E-state index in [2.05, 4.69) is 48.9 Å². The molecule has 1 unspecified atom stereocenters. The third kappa shape index (κ3) is 3.37. The van der Waals surface area contributed by atoms with Gasteiger partial charge in [0, 0.05) is 28.1 Å². The maximum absolute atomic E-state index is 6.13. The Morgan fingerprint density at radius 3 is 2.75 bits per heavy atom. The zero-order valence-corrected chi connectivity index (χ0v) is 16.0. The van der Waals surface area contributed by atoms with Gasteiger partial charge in [-0.15, -0.1) is 0 Å². The molecule has 0 spiro atoms. The Labute approximate surface area is 146 Å². The van der Waals surface area contributed by atoms with Crippen molar-refractivity contribution in [1.29, 1.82) is 0 Å². The minimum atomic E-state index is 0.201. The molecule has 0 aliphatic heterocycles. The van der Waals surface area contributed by atoms with Crippen molar-refractivity contribution in [1.82, 2.24) is 15.1 Å². The summed E-state index contributed by atoms with van der Waals surface area (Å²) < 4.78 is 4.22. The number of likely N-dealkylation sites (N-methyl/N-ethyl adjacent to an activating group) is 1. The van der Waals surface area contributed by atoms with E-state index < -0.39 is 0 Å². The van der Waals surface area contributed by atoms with Crippen LogP contribution in [0.3, 0.4) is 0 Å². The molecule has 0 aliphatic rings. The van der Waals surface area contributed by atoms with E-state index in [-0.39, 0.29) is 6.04 Å². The van der Waals surface area contributed by atoms with Crippen LogP contribution in [-0.4, -0.2) is 16.8 Å². The first kappa shape index (κ1) is 16.3. The SMILES string of the molecule is CNC(Cc1c(Br)c(C)nn1C)c1cc(Cl)ccc1I. The molecule has 0 amide bonds. The summed E-state index contributed by atoms with van der Waals surface area (Å²) >= 11 is 12.1. The van der Waals surface area contributed by atoms with Crippen molar-refractivity contribution in [2.45, 2.75) is 19.4 Å². The summed E-state index contributed by atoms with van der Waals surface area (Å²) in [6.07, 6.45) is 0.852. The van der Waals surface area contributed by atoms with Gasteiger partial charge in [0.05, 0.1) is 15.9 Å². The molecule has 0 fully saturated rings. The second kappa shape index (κ2) is 6.77. The van der Waals surface area contributed by atoms with Crippen LogP contribution < -0.4 is 5.32 Å². The average Bonchev–Trinajstić information content (AvgIpc) is 2.65. The summed E-state index contributed by atoms with van der Waals surface area (Å²) in [5.41, 5.74) is 3.40. The summed E-state index contributed by atoms with van der Waals surface area (Å²) in [5.74, 6) is 0. The smallest absolute Gasteiger partial charge is 0.0738 e. The monoisotopic (exact) mass is 467 g/mol. The van der Waals surface area contributed by atoms with Gasteiger partial charge in [-0.2, -0.15) is 5.10 Å². The van der Waals surface area contributed by atoms with E-state index in [1.807, 2.05) is 43.9 Å². The molecule has 1 heterocycles. The Bertz CT molecular complexity index is 627. The van der Waals surface area contributed by atoms with Crippen molar-refractivity contribution in [3.05, 3.63) is 48.2 Å². The summed E-state index contributed by atoms with van der Waals surface area (Å²) in [6.45, 7) is 2.01. The molecule has 0 radical (unpaired) electrons. The maximum atomic E-state index is 6.13. The molecule has 2 aromatic rings. The molecule has 0 aliphatic carbocycles. The zero-order chi connectivity index (χ0) is 14.9. The molecular formula is C14H16BrClIN3. The van der Waals surface area contributed by atoms with Gasteiger partial charge in [0.15, 0.2) is 0 Å². The number of aryl methyl sites for hydroxylation is 2. The molecule has 1 N–H and O–H groups in total. The molecule has 6 heteroatoms. The van der Waals surface area contributed by atoms with Crippen LogP contribution in [0.2, 0.25) is 5.02 Å². The molecule has 3 nitrogen and oxygen atoms in total. The van der Waals surface area contributed by atoms with E-state index in [0.717, 1.165) is 21.6 Å². The highest BCUT2D eigenvalue weighted by Crippen LogP contribution is 2.29. The van der Waals surface area contributed by atoms with Crippen LogP contribution in [0.15, 0.2) is 22.7 Å². The highest BCUT2D eigenvalue weighted by atomic mass is 127. The molecule has 0 bridgehead atoms. The Morgan fingerprint density at radius 1 is 1.50 bits per heavy atom. The first-order chi connectivity index (χ1) is 9.43. The fourth-order valence-electron chi connectivity index (χ4n) is 2.24. The van der Waals surface area contributed by atoms with E-state index in [1.54, 1.807) is 0 Å². The molecule has 108 valence electrons. The summed E-state index contributed by atoms with van der Waals surface area (Å²) in [5, 5.41) is 8.58. The lowest BCUT2D eigenvalue weighted by molar-refractivity contribution is 0.558. The van der Waals surface area contributed by atoms with Crippen LogP contribution in [0.5, 0.6) is 0 Å². The molecule has 2 rings (SSSR count). The third-order valence-corrected chi connectivity index (χ3v) is 5.59. The van der Waals surface area contributed by atoms with Gasteiger partial charge < -0.3 is 5.32 Å². The first-order valence-corrected chi connectivity index (χ1v) is 8.49. The minimum absolute atomic E-state index is 0.201. The van der Waals surface area contributed by atoms with Gasteiger partial charge >= 0.3 is 0 Å². The first-order valence-electron chi connectivity index (χ1n) is 6.24. The molecule has 0 saturated heterocycles. The maximum Gasteiger partial charge on any atom is 0.0738 e. The molecule has 20 heavy (non-hydrogen) atoms. The Hall–Kier alpha value is -0.110. The van der Waals surface area contributed by atoms with Crippen LogP contribution in [-0.2, 0) is 13.5 Å². The molecule has 1 atom stereocenters. The topological polar surface area (TPSA) is 29.9 Å². The van der Waals surface area contributed by atoms with Crippen LogP contribution in [0, 0.1) is 10.5 Å². The lowest BCUT2D eigenvalue weighted by Gasteiger charge is -2.19. The Kier molecular flexibility index (Phi) is 5.50. The fraction of sp³-hybridized carbons (Fsp3) is 0.357. The second-order valence-electron chi connectivity index (χ2n) is 4.68. The van der Waals surface area contributed by atoms with E-state index in [4.69, 9.17) is 11.6 Å². The van der Waals surface area contributed by atoms with Crippen molar-refractivity contribution >= 4 is 50.1 Å². The van der Waals surface area contributed by atoms with E-state index >= 15 is 0 Å². The summed E-state index contributed by atoms with van der Waals surface area (Å²) in [6, 6.07) is 6.20. The lowest BCUT2D eigenvalue weighted by atomic mass is 10.0. The second-order valence-corrected chi connectivity index (χ2v) is 7.07. The van der Waals surface area contributed by atoms with Gasteiger partial charge in [-0.3, -0.25) is 4.68 Å².